The number of amides is 1. The monoisotopic (exact) mass is 301 g/mol. The topological polar surface area (TPSA) is 68.0 Å². The highest BCUT2D eigenvalue weighted by atomic mass is 32.1. The number of benzene rings is 1. The smallest absolute Gasteiger partial charge is 0.233 e. The third-order valence-corrected chi connectivity index (χ3v) is 4.94. The van der Waals surface area contributed by atoms with Crippen LogP contribution < -0.4 is 11.1 Å². The Labute approximate surface area is 128 Å². The molecule has 0 bridgehead atoms. The number of carbonyl (C=O) groups excluding carboxylic acids is 1. The molecule has 0 saturated heterocycles. The number of rotatable bonds is 3. The van der Waals surface area contributed by atoms with Gasteiger partial charge in [0.25, 0.3) is 0 Å². The molecule has 0 spiro atoms. The highest BCUT2D eigenvalue weighted by Crippen LogP contribution is 2.30. The van der Waals surface area contributed by atoms with Crippen LogP contribution in [0.4, 0.5) is 5.13 Å². The highest BCUT2D eigenvalue weighted by Gasteiger charge is 2.22. The van der Waals surface area contributed by atoms with Crippen molar-refractivity contribution in [3.05, 3.63) is 46.5 Å². The molecule has 1 aromatic heterocycles. The molecule has 4 nitrogen and oxygen atoms in total. The summed E-state index contributed by atoms with van der Waals surface area (Å²) in [7, 11) is 0. The number of nitrogens with one attached hydrogen (secondary N) is 1. The molecule has 1 aromatic carbocycles. The Morgan fingerprint density at radius 1 is 1.43 bits per heavy atom. The van der Waals surface area contributed by atoms with Crippen molar-refractivity contribution in [1.82, 2.24) is 4.98 Å². The van der Waals surface area contributed by atoms with Crippen molar-refractivity contribution in [1.29, 1.82) is 0 Å². The van der Waals surface area contributed by atoms with Crippen LogP contribution in [0.25, 0.3) is 0 Å². The summed E-state index contributed by atoms with van der Waals surface area (Å²) < 4.78 is 0. The van der Waals surface area contributed by atoms with Crippen molar-refractivity contribution in [3.8, 4) is 0 Å². The van der Waals surface area contributed by atoms with Crippen LogP contribution in [0.1, 0.15) is 35.4 Å². The first-order valence-corrected chi connectivity index (χ1v) is 8.05. The van der Waals surface area contributed by atoms with E-state index in [1.54, 1.807) is 11.3 Å². The normalized spacial score (nSPS) is 18.9. The van der Waals surface area contributed by atoms with Crippen molar-refractivity contribution in [2.75, 3.05) is 5.32 Å². The predicted octanol–water partition coefficient (Wildman–Crippen LogP) is 2.70. The second-order valence-electron chi connectivity index (χ2n) is 5.51. The molecule has 0 aliphatic heterocycles. The molecule has 0 radical (unpaired) electrons. The van der Waals surface area contributed by atoms with Crippen LogP contribution in [-0.4, -0.2) is 16.9 Å². The fourth-order valence-electron chi connectivity index (χ4n) is 2.56. The van der Waals surface area contributed by atoms with Gasteiger partial charge in [-0.25, -0.2) is 4.98 Å². The van der Waals surface area contributed by atoms with Crippen molar-refractivity contribution in [2.24, 2.45) is 5.73 Å². The maximum atomic E-state index is 12.3. The molecule has 2 aromatic rings. The lowest BCUT2D eigenvalue weighted by Gasteiger charge is -2.15. The van der Waals surface area contributed by atoms with E-state index in [1.165, 1.54) is 4.88 Å². The van der Waals surface area contributed by atoms with Gasteiger partial charge in [-0.2, -0.15) is 0 Å². The van der Waals surface area contributed by atoms with E-state index in [2.05, 4.69) is 10.3 Å². The number of hydrogen-bond acceptors (Lipinski definition) is 4. The number of nitrogens with zero attached hydrogens (tertiary/aromatic N) is 1. The summed E-state index contributed by atoms with van der Waals surface area (Å²) in [5.74, 6) is -0.203. The molecule has 1 aliphatic carbocycles. The van der Waals surface area contributed by atoms with E-state index in [0.717, 1.165) is 30.5 Å². The summed E-state index contributed by atoms with van der Waals surface area (Å²) in [6.07, 6.45) is 2.76. The first kappa shape index (κ1) is 14.2. The van der Waals surface area contributed by atoms with Crippen LogP contribution in [0.2, 0.25) is 0 Å². The first-order valence-electron chi connectivity index (χ1n) is 7.23. The SMILES string of the molecule is CC(C(=O)Nc1nc2c(s1)C[C@@H](N)CC2)c1ccccc1. The molecular formula is C16H19N3OS. The second kappa shape index (κ2) is 5.95. The Balaban J connectivity index is 1.71. The zero-order chi connectivity index (χ0) is 14.8. The Hall–Kier alpha value is -1.72. The lowest BCUT2D eigenvalue weighted by Crippen LogP contribution is -2.27. The molecule has 3 N–H and O–H groups in total. The molecule has 5 heteroatoms. The quantitative estimate of drug-likeness (QED) is 0.916. The van der Waals surface area contributed by atoms with Gasteiger partial charge in [-0.3, -0.25) is 4.79 Å². The van der Waals surface area contributed by atoms with Gasteiger partial charge >= 0.3 is 0 Å². The van der Waals surface area contributed by atoms with Gasteiger partial charge in [0.05, 0.1) is 11.6 Å². The fraction of sp³-hybridized carbons (Fsp3) is 0.375. The third kappa shape index (κ3) is 3.14. The van der Waals surface area contributed by atoms with Gasteiger partial charge in [0.2, 0.25) is 5.91 Å². The predicted molar refractivity (Wildman–Crippen MR) is 85.6 cm³/mol. The van der Waals surface area contributed by atoms with E-state index < -0.39 is 0 Å². The molecule has 1 heterocycles. The van der Waals surface area contributed by atoms with Crippen LogP contribution in [0, 0.1) is 0 Å². The molecule has 0 saturated carbocycles. The van der Waals surface area contributed by atoms with Crippen LogP contribution >= 0.6 is 11.3 Å². The van der Waals surface area contributed by atoms with E-state index >= 15 is 0 Å². The number of aryl methyl sites for hydroxylation is 1. The molecular weight excluding hydrogens is 282 g/mol. The van der Waals surface area contributed by atoms with Gasteiger partial charge in [0, 0.05) is 10.9 Å². The fourth-order valence-corrected chi connectivity index (χ4v) is 3.66. The molecule has 21 heavy (non-hydrogen) atoms. The molecule has 1 unspecified atom stereocenters. The van der Waals surface area contributed by atoms with Crippen molar-refractivity contribution in [2.45, 2.75) is 38.1 Å². The third-order valence-electron chi connectivity index (χ3n) is 3.90. The van der Waals surface area contributed by atoms with Gasteiger partial charge < -0.3 is 11.1 Å². The minimum absolute atomic E-state index is 0.0170. The minimum Gasteiger partial charge on any atom is -0.327 e. The van der Waals surface area contributed by atoms with Crippen LogP contribution in [-0.2, 0) is 17.6 Å². The number of thiazole rings is 1. The number of nitrogens with two attached hydrogens (primary N) is 1. The number of fused-ring (bicyclic) bond motifs is 1. The second-order valence-corrected chi connectivity index (χ2v) is 6.60. The average Bonchev–Trinajstić information content (AvgIpc) is 2.88. The summed E-state index contributed by atoms with van der Waals surface area (Å²) in [4.78, 5) is 18.1. The van der Waals surface area contributed by atoms with Gasteiger partial charge in [0.1, 0.15) is 0 Å². The zero-order valence-electron chi connectivity index (χ0n) is 12.0. The highest BCUT2D eigenvalue weighted by molar-refractivity contribution is 7.15. The lowest BCUT2D eigenvalue weighted by molar-refractivity contribution is -0.117. The van der Waals surface area contributed by atoms with Gasteiger partial charge in [0.15, 0.2) is 5.13 Å². The van der Waals surface area contributed by atoms with Gasteiger partial charge in [-0.15, -0.1) is 11.3 Å². The maximum absolute atomic E-state index is 12.3. The Kier molecular flexibility index (Phi) is 4.03. The molecule has 1 amide bonds. The summed E-state index contributed by atoms with van der Waals surface area (Å²) in [6, 6.07) is 10.0. The summed E-state index contributed by atoms with van der Waals surface area (Å²) in [5.41, 5.74) is 8.09. The summed E-state index contributed by atoms with van der Waals surface area (Å²) >= 11 is 1.56. The van der Waals surface area contributed by atoms with Gasteiger partial charge in [-0.05, 0) is 31.7 Å². The minimum atomic E-state index is -0.186. The number of hydrogen-bond donors (Lipinski definition) is 2. The zero-order valence-corrected chi connectivity index (χ0v) is 12.8. The molecule has 3 rings (SSSR count). The van der Waals surface area contributed by atoms with Crippen LogP contribution in [0.3, 0.4) is 0 Å². The first-order chi connectivity index (χ1) is 10.1. The number of anilines is 1. The van der Waals surface area contributed by atoms with E-state index in [-0.39, 0.29) is 17.9 Å². The van der Waals surface area contributed by atoms with E-state index in [4.69, 9.17) is 5.73 Å². The van der Waals surface area contributed by atoms with E-state index in [1.807, 2.05) is 37.3 Å². The van der Waals surface area contributed by atoms with Crippen molar-refractivity contribution < 1.29 is 4.79 Å². The Morgan fingerprint density at radius 3 is 2.95 bits per heavy atom. The maximum Gasteiger partial charge on any atom is 0.233 e. The molecule has 110 valence electrons. The largest absolute Gasteiger partial charge is 0.327 e. The standard InChI is InChI=1S/C16H19N3OS/c1-10(11-5-3-2-4-6-11)15(20)19-16-18-13-8-7-12(17)9-14(13)21-16/h2-6,10,12H,7-9,17H2,1H3,(H,18,19,20)/t10?,12-/m0/s1. The summed E-state index contributed by atoms with van der Waals surface area (Å²) in [5, 5.41) is 3.64. The average molecular weight is 301 g/mol. The molecule has 1 aliphatic rings. The van der Waals surface area contributed by atoms with Crippen LogP contribution in [0.5, 0.6) is 0 Å². The van der Waals surface area contributed by atoms with Crippen molar-refractivity contribution in [3.63, 3.8) is 0 Å². The Morgan fingerprint density at radius 2 is 2.19 bits per heavy atom. The van der Waals surface area contributed by atoms with Gasteiger partial charge in [-0.1, -0.05) is 30.3 Å². The molecule has 0 fully saturated rings. The number of aromatic nitrogens is 1. The van der Waals surface area contributed by atoms with Crippen LogP contribution in [0.15, 0.2) is 30.3 Å². The lowest BCUT2D eigenvalue weighted by atomic mass is 9.99. The summed E-state index contributed by atoms with van der Waals surface area (Å²) in [6.45, 7) is 1.91. The number of carbonyl (C=O) groups is 1. The van der Waals surface area contributed by atoms with Crippen molar-refractivity contribution >= 4 is 22.4 Å². The Bertz CT molecular complexity index is 638. The molecule has 2 atom stereocenters. The van der Waals surface area contributed by atoms with E-state index in [0.29, 0.717) is 5.13 Å². The van der Waals surface area contributed by atoms with E-state index in [9.17, 15) is 4.79 Å².